The van der Waals surface area contributed by atoms with Crippen molar-refractivity contribution in [3.63, 3.8) is 0 Å². The maximum absolute atomic E-state index is 12.7. The van der Waals surface area contributed by atoms with Crippen LogP contribution in [0.5, 0.6) is 0 Å². The number of carbonyl (C=O) groups excluding carboxylic acids is 3. The molecule has 0 rings (SSSR count). The molecule has 0 saturated heterocycles. The molecule has 306 valence electrons. The Balaban J connectivity index is 4.54. The lowest BCUT2D eigenvalue weighted by atomic mass is 10.1. The Labute approximate surface area is 335 Å². The SMILES string of the molecule is CC\C=C/C=C\C=C/C=C\CCCCCCCC(=O)OCC(COC(=O)CCCC/C=C\C/C=C\CC)OC(=O)CCCCC\C=C/C=C\C=C/C=C\CC. The molecule has 0 bridgehead atoms. The minimum absolute atomic E-state index is 0.121. The summed E-state index contributed by atoms with van der Waals surface area (Å²) in [6, 6.07) is 0. The highest BCUT2D eigenvalue weighted by Gasteiger charge is 2.19. The molecule has 55 heavy (non-hydrogen) atoms. The van der Waals surface area contributed by atoms with Gasteiger partial charge in [-0.3, -0.25) is 14.4 Å². The van der Waals surface area contributed by atoms with E-state index < -0.39 is 6.10 Å². The standard InChI is InChI=1S/C49H74O6/c1-4-7-10-13-16-19-21-23-24-26-27-30-33-36-39-42-48(51)54-45-46(44-53-47(50)41-38-35-32-29-18-15-12-9-6-3)55-49(52)43-40-37-34-31-28-25-22-20-17-14-11-8-5-2/h7-14,16-25,28-29,46H,4-6,15,26-27,30-45H2,1-3H3/b10-7-,11-8-,12-9-,16-13-,17-14-,21-19-,22-20-,24-23-,28-25-,29-18-. The fourth-order valence-corrected chi connectivity index (χ4v) is 5.03. The van der Waals surface area contributed by atoms with Crippen LogP contribution in [-0.4, -0.2) is 37.2 Å². The second kappa shape index (κ2) is 42.6. The van der Waals surface area contributed by atoms with E-state index in [1.165, 1.54) is 0 Å². The van der Waals surface area contributed by atoms with Crippen LogP contribution in [0.4, 0.5) is 0 Å². The zero-order valence-electron chi connectivity index (χ0n) is 34.6. The molecule has 6 heteroatoms. The fraction of sp³-hybridized carbons (Fsp3) is 0.531. The summed E-state index contributed by atoms with van der Waals surface area (Å²) in [5.74, 6) is -1.04. The van der Waals surface area contributed by atoms with Gasteiger partial charge in [-0.25, -0.2) is 0 Å². The second-order valence-electron chi connectivity index (χ2n) is 13.3. The highest BCUT2D eigenvalue weighted by atomic mass is 16.6. The number of carbonyl (C=O) groups is 3. The largest absolute Gasteiger partial charge is 0.462 e. The first kappa shape index (κ1) is 50.8. The van der Waals surface area contributed by atoms with E-state index in [1.807, 2.05) is 60.8 Å². The van der Waals surface area contributed by atoms with Gasteiger partial charge in [-0.15, -0.1) is 0 Å². The Morgan fingerprint density at radius 1 is 0.382 bits per heavy atom. The molecule has 0 aliphatic carbocycles. The summed E-state index contributed by atoms with van der Waals surface area (Å²) in [5, 5.41) is 0. The van der Waals surface area contributed by atoms with Crippen molar-refractivity contribution in [2.45, 2.75) is 155 Å². The molecule has 0 saturated carbocycles. The van der Waals surface area contributed by atoms with E-state index in [4.69, 9.17) is 14.2 Å². The topological polar surface area (TPSA) is 78.9 Å². The molecule has 0 N–H and O–H groups in total. The third-order valence-corrected chi connectivity index (χ3v) is 8.13. The Bertz CT molecular complexity index is 1240. The average molecular weight is 759 g/mol. The smallest absolute Gasteiger partial charge is 0.306 e. The molecule has 6 nitrogen and oxygen atoms in total. The summed E-state index contributed by atoms with van der Waals surface area (Å²) in [4.78, 5) is 37.6. The van der Waals surface area contributed by atoms with Gasteiger partial charge in [0, 0.05) is 19.3 Å². The molecule has 0 amide bonds. The molecular formula is C49H74O6. The van der Waals surface area contributed by atoms with Crippen LogP contribution in [0, 0.1) is 0 Å². The Hall–Kier alpha value is -4.19. The van der Waals surface area contributed by atoms with E-state index in [1.54, 1.807) is 0 Å². The highest BCUT2D eigenvalue weighted by Crippen LogP contribution is 2.11. The Kier molecular flexibility index (Phi) is 39.3. The minimum atomic E-state index is -0.822. The Morgan fingerprint density at radius 2 is 0.745 bits per heavy atom. The summed E-state index contributed by atoms with van der Waals surface area (Å²) in [6.07, 6.45) is 57.6. The number of hydrogen-bond acceptors (Lipinski definition) is 6. The van der Waals surface area contributed by atoms with Crippen LogP contribution < -0.4 is 0 Å². The predicted octanol–water partition coefficient (Wildman–Crippen LogP) is 13.4. The van der Waals surface area contributed by atoms with E-state index in [9.17, 15) is 14.4 Å². The summed E-state index contributed by atoms with van der Waals surface area (Å²) in [7, 11) is 0. The van der Waals surface area contributed by atoms with Gasteiger partial charge in [0.2, 0.25) is 0 Å². The van der Waals surface area contributed by atoms with Crippen molar-refractivity contribution in [1.82, 2.24) is 0 Å². The van der Waals surface area contributed by atoms with Gasteiger partial charge < -0.3 is 14.2 Å². The lowest BCUT2D eigenvalue weighted by molar-refractivity contribution is -0.167. The van der Waals surface area contributed by atoms with Crippen molar-refractivity contribution in [1.29, 1.82) is 0 Å². The van der Waals surface area contributed by atoms with E-state index in [0.29, 0.717) is 19.3 Å². The van der Waals surface area contributed by atoms with Crippen LogP contribution >= 0.6 is 0 Å². The van der Waals surface area contributed by atoms with Crippen LogP contribution in [0.15, 0.2) is 122 Å². The van der Waals surface area contributed by atoms with E-state index in [-0.39, 0.29) is 37.5 Å². The first-order valence-corrected chi connectivity index (χ1v) is 21.1. The van der Waals surface area contributed by atoms with E-state index in [2.05, 4.69) is 81.5 Å². The molecule has 0 aliphatic heterocycles. The summed E-state index contributed by atoms with van der Waals surface area (Å²) >= 11 is 0. The fourth-order valence-electron chi connectivity index (χ4n) is 5.03. The van der Waals surface area contributed by atoms with Gasteiger partial charge in [0.25, 0.3) is 0 Å². The molecule has 0 aliphatic rings. The maximum Gasteiger partial charge on any atom is 0.306 e. The number of esters is 3. The summed E-state index contributed by atoms with van der Waals surface area (Å²) < 4.78 is 16.6. The molecule has 0 aromatic rings. The van der Waals surface area contributed by atoms with Crippen LogP contribution in [0.25, 0.3) is 0 Å². The van der Waals surface area contributed by atoms with Gasteiger partial charge >= 0.3 is 17.9 Å². The summed E-state index contributed by atoms with van der Waals surface area (Å²) in [6.45, 7) is 6.10. The summed E-state index contributed by atoms with van der Waals surface area (Å²) in [5.41, 5.74) is 0. The van der Waals surface area contributed by atoms with Crippen molar-refractivity contribution in [2.75, 3.05) is 13.2 Å². The van der Waals surface area contributed by atoms with Crippen LogP contribution in [0.3, 0.4) is 0 Å². The molecule has 0 radical (unpaired) electrons. The van der Waals surface area contributed by atoms with Gasteiger partial charge in [-0.05, 0) is 83.5 Å². The average Bonchev–Trinajstić information content (AvgIpc) is 3.18. The normalized spacial score (nSPS) is 13.3. The molecule has 1 unspecified atom stereocenters. The highest BCUT2D eigenvalue weighted by molar-refractivity contribution is 5.71. The molecule has 1 atom stereocenters. The molecular weight excluding hydrogens is 685 g/mol. The zero-order valence-corrected chi connectivity index (χ0v) is 34.6. The van der Waals surface area contributed by atoms with Crippen LogP contribution in [0.1, 0.15) is 149 Å². The maximum atomic E-state index is 12.7. The van der Waals surface area contributed by atoms with Crippen LogP contribution in [-0.2, 0) is 28.6 Å². The van der Waals surface area contributed by atoms with Crippen molar-refractivity contribution in [3.05, 3.63) is 122 Å². The first-order valence-electron chi connectivity index (χ1n) is 21.1. The van der Waals surface area contributed by atoms with Gasteiger partial charge in [0.15, 0.2) is 6.10 Å². The van der Waals surface area contributed by atoms with Crippen molar-refractivity contribution < 1.29 is 28.6 Å². The Morgan fingerprint density at radius 3 is 1.27 bits per heavy atom. The van der Waals surface area contributed by atoms with Crippen molar-refractivity contribution in [3.8, 4) is 0 Å². The molecule has 0 aromatic heterocycles. The molecule has 0 aromatic carbocycles. The minimum Gasteiger partial charge on any atom is -0.462 e. The van der Waals surface area contributed by atoms with E-state index >= 15 is 0 Å². The van der Waals surface area contributed by atoms with Crippen molar-refractivity contribution >= 4 is 17.9 Å². The quantitative estimate of drug-likeness (QED) is 0.0210. The third kappa shape index (κ3) is 40.8. The number of unbranched alkanes of at least 4 members (excludes halogenated alkanes) is 10. The number of allylic oxidation sites excluding steroid dienone is 20. The number of ether oxygens (including phenoxy) is 3. The van der Waals surface area contributed by atoms with Gasteiger partial charge in [0.05, 0.1) is 0 Å². The molecule has 0 spiro atoms. The van der Waals surface area contributed by atoms with E-state index in [0.717, 1.165) is 103 Å². The molecule has 0 heterocycles. The first-order chi connectivity index (χ1) is 27.0. The monoisotopic (exact) mass is 759 g/mol. The second-order valence-corrected chi connectivity index (χ2v) is 13.3. The van der Waals surface area contributed by atoms with Crippen molar-refractivity contribution in [2.24, 2.45) is 0 Å². The van der Waals surface area contributed by atoms with Gasteiger partial charge in [-0.1, -0.05) is 168 Å². The van der Waals surface area contributed by atoms with Gasteiger partial charge in [-0.2, -0.15) is 0 Å². The predicted molar refractivity (Wildman–Crippen MR) is 233 cm³/mol. The van der Waals surface area contributed by atoms with Gasteiger partial charge in [0.1, 0.15) is 13.2 Å². The number of hydrogen-bond donors (Lipinski definition) is 0. The van der Waals surface area contributed by atoms with Crippen LogP contribution in [0.2, 0.25) is 0 Å². The third-order valence-electron chi connectivity index (χ3n) is 8.13. The lowest BCUT2D eigenvalue weighted by Gasteiger charge is -2.18. The zero-order chi connectivity index (χ0) is 40.1. The lowest BCUT2D eigenvalue weighted by Crippen LogP contribution is -2.30. The number of rotatable bonds is 35. The molecule has 0 fully saturated rings.